The van der Waals surface area contributed by atoms with Crippen LogP contribution in [0.4, 0.5) is 4.79 Å². The van der Waals surface area contributed by atoms with Gasteiger partial charge >= 0.3 is 11.3 Å². The van der Waals surface area contributed by atoms with E-state index in [1.54, 1.807) is 20.8 Å². The van der Waals surface area contributed by atoms with Gasteiger partial charge in [-0.05, 0) is 26.7 Å². The molecule has 126 valence electrons. The zero-order valence-corrected chi connectivity index (χ0v) is 14.5. The van der Waals surface area contributed by atoms with Crippen LogP contribution >= 0.6 is 0 Å². The third-order valence-electron chi connectivity index (χ3n) is 2.67. The van der Waals surface area contributed by atoms with Crippen LogP contribution in [0.25, 0.3) is 0 Å². The standard InChI is InChI=1S/C13H23N3O5S/c1-7-22(18,19)12-16-15-10(20-12)9(8(2)3)14-11(17)21-13(4,5)6/h8-9H,7H2,1-6H3,(H,14,17)/t9-/m0/s1. The zero-order chi connectivity index (χ0) is 17.1. The van der Waals surface area contributed by atoms with E-state index in [0.717, 1.165) is 0 Å². The van der Waals surface area contributed by atoms with Crippen molar-refractivity contribution < 1.29 is 22.4 Å². The number of nitrogens with zero attached hydrogens (tertiary/aromatic N) is 2. The summed E-state index contributed by atoms with van der Waals surface area (Å²) in [6, 6.07) is -0.636. The average molecular weight is 333 g/mol. The molecule has 0 aliphatic rings. The topological polar surface area (TPSA) is 111 Å². The molecule has 1 amide bonds. The van der Waals surface area contributed by atoms with Crippen LogP contribution in [0.15, 0.2) is 9.64 Å². The lowest BCUT2D eigenvalue weighted by Gasteiger charge is -2.23. The zero-order valence-electron chi connectivity index (χ0n) is 13.7. The second kappa shape index (κ2) is 6.64. The Bertz CT molecular complexity index is 616. The van der Waals surface area contributed by atoms with Crippen molar-refractivity contribution in [3.63, 3.8) is 0 Å². The number of rotatable bonds is 5. The number of sulfone groups is 1. The Morgan fingerprint density at radius 3 is 2.36 bits per heavy atom. The largest absolute Gasteiger partial charge is 0.444 e. The summed E-state index contributed by atoms with van der Waals surface area (Å²) in [5.74, 6) is -0.196. The summed E-state index contributed by atoms with van der Waals surface area (Å²) in [5, 5.41) is 9.46. The van der Waals surface area contributed by atoms with Crippen molar-refractivity contribution in [3.8, 4) is 0 Å². The van der Waals surface area contributed by atoms with Crippen LogP contribution in [0.5, 0.6) is 0 Å². The number of aromatic nitrogens is 2. The van der Waals surface area contributed by atoms with Crippen LogP contribution in [-0.2, 0) is 14.6 Å². The van der Waals surface area contributed by atoms with Crippen molar-refractivity contribution in [2.45, 2.75) is 58.4 Å². The van der Waals surface area contributed by atoms with E-state index in [-0.39, 0.29) is 17.6 Å². The third-order valence-corrected chi connectivity index (χ3v) is 4.13. The predicted molar refractivity (Wildman–Crippen MR) is 79.0 cm³/mol. The average Bonchev–Trinajstić information content (AvgIpc) is 2.83. The number of hydrogen-bond acceptors (Lipinski definition) is 7. The summed E-state index contributed by atoms with van der Waals surface area (Å²) >= 11 is 0. The number of carbonyl (C=O) groups excluding carboxylic acids is 1. The first kappa shape index (κ1) is 18.4. The second-order valence-corrected chi connectivity index (χ2v) is 8.33. The van der Waals surface area contributed by atoms with E-state index in [1.165, 1.54) is 6.92 Å². The van der Waals surface area contributed by atoms with Crippen molar-refractivity contribution >= 4 is 15.9 Å². The minimum atomic E-state index is -3.58. The second-order valence-electron chi connectivity index (χ2n) is 6.18. The van der Waals surface area contributed by atoms with E-state index < -0.39 is 32.8 Å². The Kier molecular flexibility index (Phi) is 5.55. The number of nitrogens with one attached hydrogen (secondary N) is 1. The van der Waals surface area contributed by atoms with Gasteiger partial charge in [-0.25, -0.2) is 13.2 Å². The molecule has 22 heavy (non-hydrogen) atoms. The van der Waals surface area contributed by atoms with E-state index in [1.807, 2.05) is 13.8 Å². The summed E-state index contributed by atoms with van der Waals surface area (Å²) in [6.45, 7) is 10.4. The van der Waals surface area contributed by atoms with Gasteiger partial charge in [0.25, 0.3) is 0 Å². The smallest absolute Gasteiger partial charge is 0.408 e. The molecule has 1 aromatic heterocycles. The first-order valence-electron chi connectivity index (χ1n) is 7.02. The number of hydrogen-bond donors (Lipinski definition) is 1. The Labute approximate surface area is 130 Å². The van der Waals surface area contributed by atoms with Gasteiger partial charge in [0, 0.05) is 0 Å². The van der Waals surface area contributed by atoms with E-state index in [4.69, 9.17) is 9.15 Å². The lowest BCUT2D eigenvalue weighted by Crippen LogP contribution is -2.37. The highest BCUT2D eigenvalue weighted by molar-refractivity contribution is 7.91. The third kappa shape index (κ3) is 4.97. The number of alkyl carbamates (subject to hydrolysis) is 1. The summed E-state index contributed by atoms with van der Waals surface area (Å²) in [4.78, 5) is 11.9. The molecular formula is C13H23N3O5S. The van der Waals surface area contributed by atoms with Gasteiger partial charge in [-0.15, -0.1) is 5.10 Å². The van der Waals surface area contributed by atoms with Gasteiger partial charge in [0.1, 0.15) is 11.6 Å². The van der Waals surface area contributed by atoms with Crippen LogP contribution in [0, 0.1) is 5.92 Å². The number of carbonyl (C=O) groups is 1. The van der Waals surface area contributed by atoms with Gasteiger partial charge < -0.3 is 14.5 Å². The minimum Gasteiger partial charge on any atom is -0.444 e. The molecule has 0 aromatic carbocycles. The van der Waals surface area contributed by atoms with Gasteiger partial charge in [0.05, 0.1) is 5.75 Å². The van der Waals surface area contributed by atoms with Crippen LogP contribution in [0.1, 0.15) is 53.5 Å². The van der Waals surface area contributed by atoms with Gasteiger partial charge in [0.15, 0.2) is 0 Å². The van der Waals surface area contributed by atoms with Crippen molar-refractivity contribution in [2.24, 2.45) is 5.92 Å². The van der Waals surface area contributed by atoms with Crippen molar-refractivity contribution in [1.29, 1.82) is 0 Å². The molecular weight excluding hydrogens is 310 g/mol. The van der Waals surface area contributed by atoms with Gasteiger partial charge in [-0.3, -0.25) is 0 Å². The Balaban J connectivity index is 2.96. The molecule has 8 nitrogen and oxygen atoms in total. The molecule has 0 unspecified atom stereocenters. The van der Waals surface area contributed by atoms with Gasteiger partial charge in [-0.2, -0.15) is 0 Å². The maximum absolute atomic E-state index is 11.9. The highest BCUT2D eigenvalue weighted by atomic mass is 32.2. The predicted octanol–water partition coefficient (Wildman–Crippen LogP) is 2.08. The van der Waals surface area contributed by atoms with Crippen molar-refractivity contribution in [1.82, 2.24) is 15.5 Å². The lowest BCUT2D eigenvalue weighted by molar-refractivity contribution is 0.0477. The van der Waals surface area contributed by atoms with Crippen LogP contribution in [0.2, 0.25) is 0 Å². The molecule has 0 saturated heterocycles. The van der Waals surface area contributed by atoms with Gasteiger partial charge in [-0.1, -0.05) is 25.9 Å². The van der Waals surface area contributed by atoms with E-state index in [9.17, 15) is 13.2 Å². The lowest BCUT2D eigenvalue weighted by atomic mass is 10.1. The molecule has 1 N–H and O–H groups in total. The Hall–Kier alpha value is -1.64. The normalized spacial score (nSPS) is 14.0. The summed E-state index contributed by atoms with van der Waals surface area (Å²) in [6.07, 6.45) is -0.635. The molecule has 1 atom stereocenters. The molecule has 0 aliphatic heterocycles. The van der Waals surface area contributed by atoms with Crippen LogP contribution in [-0.4, -0.2) is 36.1 Å². The monoisotopic (exact) mass is 333 g/mol. The number of ether oxygens (including phenoxy) is 1. The Morgan fingerprint density at radius 2 is 1.91 bits per heavy atom. The summed E-state index contributed by atoms with van der Waals surface area (Å²) in [5.41, 5.74) is -0.642. The summed E-state index contributed by atoms with van der Waals surface area (Å²) in [7, 11) is -3.58. The maximum Gasteiger partial charge on any atom is 0.408 e. The van der Waals surface area contributed by atoms with E-state index in [0.29, 0.717) is 0 Å². The van der Waals surface area contributed by atoms with Crippen LogP contribution < -0.4 is 5.32 Å². The first-order valence-corrected chi connectivity index (χ1v) is 8.67. The molecule has 0 spiro atoms. The molecule has 9 heteroatoms. The quantitative estimate of drug-likeness (QED) is 0.878. The molecule has 1 rings (SSSR count). The van der Waals surface area contributed by atoms with Gasteiger partial charge in [0.2, 0.25) is 15.7 Å². The van der Waals surface area contributed by atoms with E-state index >= 15 is 0 Å². The highest BCUT2D eigenvalue weighted by Gasteiger charge is 2.29. The molecule has 0 bridgehead atoms. The molecule has 0 aliphatic carbocycles. The first-order chi connectivity index (χ1) is 9.96. The maximum atomic E-state index is 11.9. The van der Waals surface area contributed by atoms with Crippen molar-refractivity contribution in [3.05, 3.63) is 5.89 Å². The van der Waals surface area contributed by atoms with E-state index in [2.05, 4.69) is 15.5 Å². The molecule has 1 aromatic rings. The minimum absolute atomic E-state index is 0.0351. The fourth-order valence-electron chi connectivity index (χ4n) is 1.54. The molecule has 0 radical (unpaired) electrons. The molecule has 0 saturated carbocycles. The molecule has 1 heterocycles. The fraction of sp³-hybridized carbons (Fsp3) is 0.769. The number of amides is 1. The molecule has 0 fully saturated rings. The summed E-state index contributed by atoms with van der Waals surface area (Å²) < 4.78 is 33.8. The SMILES string of the molecule is CCS(=O)(=O)c1nnc([C@@H](NC(=O)OC(C)(C)C)C(C)C)o1. The Morgan fingerprint density at radius 1 is 1.32 bits per heavy atom. The highest BCUT2D eigenvalue weighted by Crippen LogP contribution is 2.23. The van der Waals surface area contributed by atoms with Crippen LogP contribution in [0.3, 0.4) is 0 Å². The fourth-order valence-corrected chi connectivity index (χ4v) is 2.17. The van der Waals surface area contributed by atoms with Crippen molar-refractivity contribution in [2.75, 3.05) is 5.75 Å².